The lowest BCUT2D eigenvalue weighted by Crippen LogP contribution is -2.42. The highest BCUT2D eigenvalue weighted by atomic mass is 79.9. The van der Waals surface area contributed by atoms with Crippen LogP contribution in [0.5, 0.6) is 5.75 Å². The summed E-state index contributed by atoms with van der Waals surface area (Å²) in [4.78, 5) is 11.2. The van der Waals surface area contributed by atoms with E-state index in [9.17, 15) is 22.4 Å². The average Bonchev–Trinajstić information content (AvgIpc) is 2.26. The molecule has 1 unspecified atom stereocenters. The van der Waals surface area contributed by atoms with E-state index in [1.165, 1.54) is 13.0 Å². The molecule has 0 radical (unpaired) electrons. The van der Waals surface area contributed by atoms with Crippen molar-refractivity contribution in [2.75, 3.05) is 6.61 Å². The molecule has 1 atom stereocenters. The highest BCUT2D eigenvalue weighted by Gasteiger charge is 2.48. The summed E-state index contributed by atoms with van der Waals surface area (Å²) >= 11 is 2.95. The molecule has 0 fully saturated rings. The van der Waals surface area contributed by atoms with Gasteiger partial charge in [0.05, 0.1) is 6.61 Å². The van der Waals surface area contributed by atoms with Crippen LogP contribution in [0.1, 0.15) is 6.92 Å². The lowest BCUT2D eigenvalue weighted by molar-refractivity contribution is -0.211. The molecule has 1 rings (SSSR count). The first-order valence-electron chi connectivity index (χ1n) is 5.10. The number of halogens is 5. The molecule has 8 heteroatoms. The Bertz CT molecular complexity index is 462. The first-order chi connectivity index (χ1) is 8.75. The van der Waals surface area contributed by atoms with Crippen LogP contribution >= 0.6 is 15.9 Å². The van der Waals surface area contributed by atoms with Crippen molar-refractivity contribution < 1.29 is 31.8 Å². The topological polar surface area (TPSA) is 35.5 Å². The van der Waals surface area contributed by atoms with Crippen LogP contribution in [0.3, 0.4) is 0 Å². The summed E-state index contributed by atoms with van der Waals surface area (Å²) in [5, 5.41) is 0. The van der Waals surface area contributed by atoms with Crippen LogP contribution in [0.25, 0.3) is 0 Å². The van der Waals surface area contributed by atoms with Gasteiger partial charge in [0.25, 0.3) is 6.10 Å². The fourth-order valence-electron chi connectivity index (χ4n) is 1.16. The number of benzene rings is 1. The highest BCUT2D eigenvalue weighted by Crippen LogP contribution is 2.29. The molecular weight excluding hydrogens is 336 g/mol. The number of ether oxygens (including phenoxy) is 2. The van der Waals surface area contributed by atoms with Gasteiger partial charge in [0.2, 0.25) is 0 Å². The van der Waals surface area contributed by atoms with Crippen molar-refractivity contribution >= 4 is 21.9 Å². The maximum absolute atomic E-state index is 13.4. The van der Waals surface area contributed by atoms with Gasteiger partial charge in [-0.1, -0.05) is 15.9 Å². The fourth-order valence-corrected chi connectivity index (χ4v) is 1.50. The molecule has 0 aliphatic heterocycles. The van der Waals surface area contributed by atoms with Crippen LogP contribution in [0.4, 0.5) is 17.6 Å². The molecule has 19 heavy (non-hydrogen) atoms. The normalized spacial score (nSPS) is 12.9. The summed E-state index contributed by atoms with van der Waals surface area (Å²) in [6.45, 7) is 1.11. The molecule has 0 saturated carbocycles. The molecule has 0 aliphatic carbocycles. The average molecular weight is 345 g/mol. The first kappa shape index (κ1) is 15.7. The van der Waals surface area contributed by atoms with E-state index >= 15 is 0 Å². The van der Waals surface area contributed by atoms with Gasteiger partial charge in [0.15, 0.2) is 11.6 Å². The standard InChI is InChI=1S/C11H9BrF4O3/c1-2-18-10(17)9(11(14,15)16)19-8-4-3-6(12)5-7(8)13/h3-5,9H,2H2,1H3. The third kappa shape index (κ3) is 4.38. The second-order valence-corrected chi connectivity index (χ2v) is 4.28. The number of carbonyl (C=O) groups excluding carboxylic acids is 1. The van der Waals surface area contributed by atoms with Crippen LogP contribution in [0.2, 0.25) is 0 Å². The Morgan fingerprint density at radius 1 is 1.42 bits per heavy atom. The molecule has 1 aromatic rings. The Balaban J connectivity index is 2.98. The third-order valence-corrected chi connectivity index (χ3v) is 2.43. The highest BCUT2D eigenvalue weighted by molar-refractivity contribution is 9.10. The number of alkyl halides is 3. The maximum atomic E-state index is 13.4. The lowest BCUT2D eigenvalue weighted by atomic mass is 10.3. The zero-order chi connectivity index (χ0) is 14.6. The van der Waals surface area contributed by atoms with Gasteiger partial charge in [0, 0.05) is 4.47 Å². The van der Waals surface area contributed by atoms with Gasteiger partial charge in [-0.15, -0.1) is 0 Å². The fraction of sp³-hybridized carbons (Fsp3) is 0.364. The SMILES string of the molecule is CCOC(=O)C(Oc1ccc(Br)cc1F)C(F)(F)F. The summed E-state index contributed by atoms with van der Waals surface area (Å²) < 4.78 is 60.2. The van der Waals surface area contributed by atoms with Crippen molar-refractivity contribution in [3.05, 3.63) is 28.5 Å². The molecule has 106 valence electrons. The number of hydrogen-bond donors (Lipinski definition) is 0. The van der Waals surface area contributed by atoms with Gasteiger partial charge in [-0.3, -0.25) is 0 Å². The van der Waals surface area contributed by atoms with Crippen LogP contribution in [0, 0.1) is 5.82 Å². The second kappa shape index (κ2) is 6.23. The van der Waals surface area contributed by atoms with Gasteiger partial charge in [-0.25, -0.2) is 9.18 Å². The third-order valence-electron chi connectivity index (χ3n) is 1.94. The van der Waals surface area contributed by atoms with Crippen molar-refractivity contribution in [3.63, 3.8) is 0 Å². The Morgan fingerprint density at radius 2 is 2.05 bits per heavy atom. The van der Waals surface area contributed by atoms with Crippen molar-refractivity contribution in [1.29, 1.82) is 0 Å². The van der Waals surface area contributed by atoms with E-state index in [0.717, 1.165) is 12.1 Å². The van der Waals surface area contributed by atoms with Crippen LogP contribution < -0.4 is 4.74 Å². The van der Waals surface area contributed by atoms with Crippen LogP contribution in [-0.2, 0) is 9.53 Å². The molecule has 0 amide bonds. The minimum Gasteiger partial charge on any atom is -0.466 e. The van der Waals surface area contributed by atoms with Gasteiger partial charge in [0.1, 0.15) is 0 Å². The second-order valence-electron chi connectivity index (χ2n) is 3.37. The van der Waals surface area contributed by atoms with Gasteiger partial charge >= 0.3 is 12.1 Å². The van der Waals surface area contributed by atoms with E-state index in [1.807, 2.05) is 0 Å². The van der Waals surface area contributed by atoms with Crippen molar-refractivity contribution in [2.45, 2.75) is 19.2 Å². The Labute approximate surface area is 114 Å². The molecule has 0 bridgehead atoms. The number of hydrogen-bond acceptors (Lipinski definition) is 3. The zero-order valence-corrected chi connectivity index (χ0v) is 11.2. The van der Waals surface area contributed by atoms with Crippen LogP contribution in [0.15, 0.2) is 22.7 Å². The number of rotatable bonds is 4. The van der Waals surface area contributed by atoms with E-state index in [-0.39, 0.29) is 6.61 Å². The first-order valence-corrected chi connectivity index (χ1v) is 5.90. The van der Waals surface area contributed by atoms with Crippen molar-refractivity contribution in [3.8, 4) is 5.75 Å². The minimum atomic E-state index is -4.99. The number of carbonyl (C=O) groups is 1. The predicted molar refractivity (Wildman–Crippen MR) is 61.2 cm³/mol. The molecule has 0 spiro atoms. The van der Waals surface area contributed by atoms with Crippen molar-refractivity contribution in [1.82, 2.24) is 0 Å². The van der Waals surface area contributed by atoms with Gasteiger partial charge in [-0.2, -0.15) is 13.2 Å². The quantitative estimate of drug-likeness (QED) is 0.619. The summed E-state index contributed by atoms with van der Waals surface area (Å²) in [5.74, 6) is -3.32. The summed E-state index contributed by atoms with van der Waals surface area (Å²) in [5.41, 5.74) is 0. The predicted octanol–water partition coefficient (Wildman–Crippen LogP) is 3.46. The van der Waals surface area contributed by atoms with Crippen LogP contribution in [-0.4, -0.2) is 24.9 Å². The molecule has 0 saturated heterocycles. The van der Waals surface area contributed by atoms with E-state index < -0.39 is 29.8 Å². The molecule has 0 N–H and O–H groups in total. The zero-order valence-electron chi connectivity index (χ0n) is 9.63. The Hall–Kier alpha value is -1.31. The largest absolute Gasteiger partial charge is 0.466 e. The molecule has 1 aromatic carbocycles. The Kier molecular flexibility index (Phi) is 5.16. The molecule has 0 heterocycles. The van der Waals surface area contributed by atoms with E-state index in [2.05, 4.69) is 25.4 Å². The maximum Gasteiger partial charge on any atom is 0.436 e. The molecule has 3 nitrogen and oxygen atoms in total. The van der Waals surface area contributed by atoms with E-state index in [4.69, 9.17) is 0 Å². The number of esters is 1. The van der Waals surface area contributed by atoms with Crippen molar-refractivity contribution in [2.24, 2.45) is 0 Å². The molecule has 0 aromatic heterocycles. The van der Waals surface area contributed by atoms with E-state index in [1.54, 1.807) is 0 Å². The summed E-state index contributed by atoms with van der Waals surface area (Å²) in [6.07, 6.45) is -7.85. The minimum absolute atomic E-state index is 0.238. The molecule has 0 aliphatic rings. The van der Waals surface area contributed by atoms with Gasteiger partial charge in [-0.05, 0) is 25.1 Å². The smallest absolute Gasteiger partial charge is 0.436 e. The van der Waals surface area contributed by atoms with E-state index in [0.29, 0.717) is 4.47 Å². The monoisotopic (exact) mass is 344 g/mol. The summed E-state index contributed by atoms with van der Waals surface area (Å²) in [7, 11) is 0. The summed E-state index contributed by atoms with van der Waals surface area (Å²) in [6, 6.07) is 3.20. The lowest BCUT2D eigenvalue weighted by Gasteiger charge is -2.20. The molecular formula is C11H9BrF4O3. The Morgan fingerprint density at radius 3 is 2.53 bits per heavy atom. The van der Waals surface area contributed by atoms with Gasteiger partial charge < -0.3 is 9.47 Å².